The van der Waals surface area contributed by atoms with Gasteiger partial charge in [-0.1, -0.05) is 19.4 Å². The molecule has 12 heavy (non-hydrogen) atoms. The number of rotatable bonds is 5. The molecule has 1 rings (SSSR count). The highest BCUT2D eigenvalue weighted by Crippen LogP contribution is 2.44. The molecule has 2 heteroatoms. The van der Waals surface area contributed by atoms with Crippen LogP contribution in [0.3, 0.4) is 0 Å². The van der Waals surface area contributed by atoms with E-state index in [2.05, 4.69) is 6.92 Å². The number of carboxylic acids is 1. The Kier molecular flexibility index (Phi) is 3.32. The Morgan fingerprint density at radius 2 is 2.33 bits per heavy atom. The van der Waals surface area contributed by atoms with E-state index in [1.165, 1.54) is 25.3 Å². The normalized spacial score (nSPS) is 27.8. The Hall–Kier alpha value is -0.790. The summed E-state index contributed by atoms with van der Waals surface area (Å²) < 4.78 is 0. The molecule has 0 saturated heterocycles. The molecule has 1 N–H and O–H groups in total. The van der Waals surface area contributed by atoms with Gasteiger partial charge in [0.05, 0.1) is 0 Å². The molecule has 0 bridgehead atoms. The number of hydrogen-bond donors (Lipinski definition) is 1. The molecule has 2 atom stereocenters. The van der Waals surface area contributed by atoms with Gasteiger partial charge in [0.2, 0.25) is 0 Å². The van der Waals surface area contributed by atoms with Crippen LogP contribution in [-0.2, 0) is 4.79 Å². The second kappa shape index (κ2) is 4.29. The van der Waals surface area contributed by atoms with Crippen LogP contribution in [-0.4, -0.2) is 11.1 Å². The molecule has 0 unspecified atom stereocenters. The van der Waals surface area contributed by atoms with Gasteiger partial charge in [-0.05, 0) is 31.1 Å². The largest absolute Gasteiger partial charge is 0.478 e. The van der Waals surface area contributed by atoms with Crippen LogP contribution in [0.15, 0.2) is 12.2 Å². The zero-order valence-electron chi connectivity index (χ0n) is 7.49. The van der Waals surface area contributed by atoms with Crippen molar-refractivity contribution < 1.29 is 9.90 Å². The van der Waals surface area contributed by atoms with E-state index in [0.29, 0.717) is 0 Å². The lowest BCUT2D eigenvalue weighted by Gasteiger charge is -1.92. The first-order valence-electron chi connectivity index (χ1n) is 4.63. The predicted molar refractivity (Wildman–Crippen MR) is 47.9 cm³/mol. The molecule has 0 aromatic carbocycles. The molecule has 0 aromatic heterocycles. The molecule has 1 aliphatic rings. The quantitative estimate of drug-likeness (QED) is 0.640. The minimum atomic E-state index is -0.835. The maximum atomic E-state index is 10.1. The fourth-order valence-electron chi connectivity index (χ4n) is 1.66. The van der Waals surface area contributed by atoms with Gasteiger partial charge >= 0.3 is 5.97 Å². The zero-order valence-corrected chi connectivity index (χ0v) is 7.49. The SMILES string of the molecule is CC[C@@H]1C[C@H]1CC/C=C/C(=O)O. The monoisotopic (exact) mass is 168 g/mol. The Bertz CT molecular complexity index is 184. The third-order valence-electron chi connectivity index (χ3n) is 2.56. The molecule has 0 aromatic rings. The van der Waals surface area contributed by atoms with E-state index in [4.69, 9.17) is 5.11 Å². The summed E-state index contributed by atoms with van der Waals surface area (Å²) in [6.45, 7) is 2.22. The minimum absolute atomic E-state index is 0.835. The van der Waals surface area contributed by atoms with E-state index < -0.39 is 5.97 Å². The second-order valence-electron chi connectivity index (χ2n) is 3.48. The maximum Gasteiger partial charge on any atom is 0.327 e. The fraction of sp³-hybridized carbons (Fsp3) is 0.700. The Morgan fingerprint density at radius 1 is 1.58 bits per heavy atom. The third kappa shape index (κ3) is 3.07. The molecule has 1 aliphatic carbocycles. The summed E-state index contributed by atoms with van der Waals surface area (Å²) in [6.07, 6.45) is 7.73. The highest BCUT2D eigenvalue weighted by atomic mass is 16.4. The molecule has 0 spiro atoms. The number of allylic oxidation sites excluding steroid dienone is 1. The molecule has 0 radical (unpaired) electrons. The third-order valence-corrected chi connectivity index (χ3v) is 2.56. The van der Waals surface area contributed by atoms with Crippen molar-refractivity contribution in [1.82, 2.24) is 0 Å². The summed E-state index contributed by atoms with van der Waals surface area (Å²) in [6, 6.07) is 0. The summed E-state index contributed by atoms with van der Waals surface area (Å²) >= 11 is 0. The van der Waals surface area contributed by atoms with Crippen LogP contribution >= 0.6 is 0 Å². The van der Waals surface area contributed by atoms with Gasteiger partial charge in [0.15, 0.2) is 0 Å². The summed E-state index contributed by atoms with van der Waals surface area (Å²) in [7, 11) is 0. The van der Waals surface area contributed by atoms with E-state index >= 15 is 0 Å². The van der Waals surface area contributed by atoms with Gasteiger partial charge in [0.25, 0.3) is 0 Å². The summed E-state index contributed by atoms with van der Waals surface area (Å²) in [5.41, 5.74) is 0. The number of hydrogen-bond acceptors (Lipinski definition) is 1. The average Bonchev–Trinajstić information content (AvgIpc) is 2.76. The first kappa shape index (κ1) is 9.30. The van der Waals surface area contributed by atoms with E-state index in [9.17, 15) is 4.79 Å². The average molecular weight is 168 g/mol. The van der Waals surface area contributed by atoms with Crippen molar-refractivity contribution in [2.45, 2.75) is 32.6 Å². The minimum Gasteiger partial charge on any atom is -0.478 e. The Labute approximate surface area is 73.3 Å². The van der Waals surface area contributed by atoms with Gasteiger partial charge in [-0.25, -0.2) is 4.79 Å². The van der Waals surface area contributed by atoms with Gasteiger partial charge in [0.1, 0.15) is 0 Å². The Morgan fingerprint density at radius 3 is 2.83 bits per heavy atom. The van der Waals surface area contributed by atoms with Crippen LogP contribution in [0.5, 0.6) is 0 Å². The molecule has 0 heterocycles. The van der Waals surface area contributed by atoms with Crippen molar-refractivity contribution in [2.24, 2.45) is 11.8 Å². The van der Waals surface area contributed by atoms with Crippen molar-refractivity contribution in [2.75, 3.05) is 0 Å². The highest BCUT2D eigenvalue weighted by molar-refractivity contribution is 5.79. The van der Waals surface area contributed by atoms with Crippen LogP contribution in [0.1, 0.15) is 32.6 Å². The van der Waals surface area contributed by atoms with Crippen LogP contribution in [0.25, 0.3) is 0 Å². The molecular formula is C10H16O2. The summed E-state index contributed by atoms with van der Waals surface area (Å²) in [4.78, 5) is 10.1. The van der Waals surface area contributed by atoms with Crippen molar-refractivity contribution in [3.8, 4) is 0 Å². The lowest BCUT2D eigenvalue weighted by Crippen LogP contribution is -1.86. The molecular weight excluding hydrogens is 152 g/mol. The summed E-state index contributed by atoms with van der Waals surface area (Å²) in [5, 5.41) is 8.31. The summed E-state index contributed by atoms with van der Waals surface area (Å²) in [5.74, 6) is 0.981. The Balaban J connectivity index is 2.01. The van der Waals surface area contributed by atoms with Crippen LogP contribution < -0.4 is 0 Å². The molecule has 1 fully saturated rings. The van der Waals surface area contributed by atoms with Crippen LogP contribution in [0.2, 0.25) is 0 Å². The fourth-order valence-corrected chi connectivity index (χ4v) is 1.66. The zero-order chi connectivity index (χ0) is 8.97. The van der Waals surface area contributed by atoms with Crippen molar-refractivity contribution in [1.29, 1.82) is 0 Å². The number of carboxylic acid groups (broad SMARTS) is 1. The molecule has 68 valence electrons. The van der Waals surface area contributed by atoms with E-state index in [1.807, 2.05) is 0 Å². The lowest BCUT2D eigenvalue weighted by atomic mass is 10.1. The number of carbonyl (C=O) groups is 1. The molecule has 1 saturated carbocycles. The van der Waals surface area contributed by atoms with E-state index in [1.54, 1.807) is 6.08 Å². The van der Waals surface area contributed by atoms with Crippen molar-refractivity contribution >= 4 is 5.97 Å². The smallest absolute Gasteiger partial charge is 0.327 e. The molecule has 0 aliphatic heterocycles. The first-order valence-corrected chi connectivity index (χ1v) is 4.63. The van der Waals surface area contributed by atoms with Crippen LogP contribution in [0.4, 0.5) is 0 Å². The van der Waals surface area contributed by atoms with Crippen molar-refractivity contribution in [3.05, 3.63) is 12.2 Å². The van der Waals surface area contributed by atoms with E-state index in [0.717, 1.165) is 18.3 Å². The van der Waals surface area contributed by atoms with Crippen molar-refractivity contribution in [3.63, 3.8) is 0 Å². The number of aliphatic carboxylic acids is 1. The van der Waals surface area contributed by atoms with Gasteiger partial charge in [0, 0.05) is 6.08 Å². The maximum absolute atomic E-state index is 10.1. The predicted octanol–water partition coefficient (Wildman–Crippen LogP) is 2.45. The van der Waals surface area contributed by atoms with Gasteiger partial charge in [-0.15, -0.1) is 0 Å². The molecule has 0 amide bonds. The first-order chi connectivity index (χ1) is 5.74. The van der Waals surface area contributed by atoms with Crippen LogP contribution in [0, 0.1) is 11.8 Å². The van der Waals surface area contributed by atoms with Gasteiger partial charge < -0.3 is 5.11 Å². The topological polar surface area (TPSA) is 37.3 Å². The van der Waals surface area contributed by atoms with Gasteiger partial charge in [-0.2, -0.15) is 0 Å². The van der Waals surface area contributed by atoms with Gasteiger partial charge in [-0.3, -0.25) is 0 Å². The molecule has 2 nitrogen and oxygen atoms in total. The second-order valence-corrected chi connectivity index (χ2v) is 3.48. The highest BCUT2D eigenvalue weighted by Gasteiger charge is 2.33. The standard InChI is InChI=1S/C10H16O2/c1-2-8-7-9(8)5-3-4-6-10(11)12/h4,6,8-9H,2-3,5,7H2,1H3,(H,11,12)/b6-4+/t8-,9-/m1/s1. The van der Waals surface area contributed by atoms with E-state index in [-0.39, 0.29) is 0 Å². The lowest BCUT2D eigenvalue weighted by molar-refractivity contribution is -0.131.